The van der Waals surface area contributed by atoms with Crippen LogP contribution in [0.3, 0.4) is 0 Å². The molecule has 4 nitrogen and oxygen atoms in total. The van der Waals surface area contributed by atoms with Crippen molar-refractivity contribution in [2.45, 2.75) is 31.6 Å². The van der Waals surface area contributed by atoms with E-state index in [1.54, 1.807) is 28.6 Å². The van der Waals surface area contributed by atoms with Crippen molar-refractivity contribution in [1.29, 1.82) is 0 Å². The third-order valence-corrected chi connectivity index (χ3v) is 6.39. The maximum atomic E-state index is 12.8. The average molecular weight is 326 g/mol. The van der Waals surface area contributed by atoms with Crippen LogP contribution in [-0.4, -0.2) is 30.8 Å². The van der Waals surface area contributed by atoms with E-state index >= 15 is 0 Å². The molecule has 116 valence electrons. The molecule has 0 spiro atoms. The Labute approximate surface area is 132 Å². The molecule has 21 heavy (non-hydrogen) atoms. The van der Waals surface area contributed by atoms with Crippen molar-refractivity contribution in [3.05, 3.63) is 29.8 Å². The summed E-state index contributed by atoms with van der Waals surface area (Å²) in [6, 6.07) is 6.70. The molecule has 0 unspecified atom stereocenters. The smallest absolute Gasteiger partial charge is 0.243 e. The first-order valence-electron chi connectivity index (χ1n) is 7.23. The van der Waals surface area contributed by atoms with Crippen molar-refractivity contribution < 1.29 is 8.42 Å². The second-order valence-corrected chi connectivity index (χ2v) is 8.19. The van der Waals surface area contributed by atoms with Crippen LogP contribution in [0.25, 0.3) is 0 Å². The van der Waals surface area contributed by atoms with Gasteiger partial charge in [0.25, 0.3) is 0 Å². The minimum Gasteiger partial charge on any atom is -0.389 e. The number of rotatable bonds is 4. The Morgan fingerprint density at radius 1 is 1.29 bits per heavy atom. The second kappa shape index (κ2) is 6.42. The summed E-state index contributed by atoms with van der Waals surface area (Å²) in [5.74, 6) is 1.20. The molecular formula is C15H22N2O2S2. The van der Waals surface area contributed by atoms with Gasteiger partial charge in [0, 0.05) is 18.7 Å². The number of hydrogen-bond donors (Lipinski definition) is 1. The summed E-state index contributed by atoms with van der Waals surface area (Å²) in [5.41, 5.74) is 6.08. The van der Waals surface area contributed by atoms with E-state index in [9.17, 15) is 8.42 Å². The van der Waals surface area contributed by atoms with Crippen LogP contribution < -0.4 is 5.73 Å². The molecule has 0 saturated carbocycles. The molecule has 1 saturated heterocycles. The number of piperidine rings is 1. The zero-order valence-corrected chi connectivity index (χ0v) is 14.1. The zero-order valence-electron chi connectivity index (χ0n) is 12.5. The Bertz CT molecular complexity index is 618. The normalized spacial score (nSPS) is 18.0. The molecule has 1 aromatic carbocycles. The lowest BCUT2D eigenvalue weighted by molar-refractivity contribution is 0.226. The first-order valence-corrected chi connectivity index (χ1v) is 9.08. The monoisotopic (exact) mass is 326 g/mol. The van der Waals surface area contributed by atoms with E-state index < -0.39 is 10.0 Å². The standard InChI is InChI=1S/C15H22N2O2S2/c1-11(2)12-7-9-17(10-8-12)21(18,19)14-6-4-3-5-13(14)15(16)20/h3-6,11-12H,7-10H2,1-2H3,(H2,16,20). The van der Waals surface area contributed by atoms with Gasteiger partial charge in [-0.3, -0.25) is 0 Å². The van der Waals surface area contributed by atoms with Gasteiger partial charge in [0.05, 0.1) is 4.90 Å². The maximum Gasteiger partial charge on any atom is 0.243 e. The summed E-state index contributed by atoms with van der Waals surface area (Å²) >= 11 is 4.97. The van der Waals surface area contributed by atoms with Crippen molar-refractivity contribution >= 4 is 27.2 Å². The number of hydrogen-bond acceptors (Lipinski definition) is 3. The average Bonchev–Trinajstić information content (AvgIpc) is 2.47. The molecule has 0 aromatic heterocycles. The van der Waals surface area contributed by atoms with Gasteiger partial charge in [-0.1, -0.05) is 44.3 Å². The number of thiocarbonyl (C=S) groups is 1. The van der Waals surface area contributed by atoms with E-state index in [1.165, 1.54) is 0 Å². The molecule has 0 radical (unpaired) electrons. The molecule has 0 aliphatic carbocycles. The van der Waals surface area contributed by atoms with Crippen LogP contribution in [0.4, 0.5) is 0 Å². The highest BCUT2D eigenvalue weighted by molar-refractivity contribution is 7.89. The minimum atomic E-state index is -3.52. The van der Waals surface area contributed by atoms with Gasteiger partial charge in [-0.25, -0.2) is 8.42 Å². The lowest BCUT2D eigenvalue weighted by Crippen LogP contribution is -2.40. The summed E-state index contributed by atoms with van der Waals surface area (Å²) in [6.45, 7) is 5.52. The lowest BCUT2D eigenvalue weighted by Gasteiger charge is -2.33. The lowest BCUT2D eigenvalue weighted by atomic mass is 9.87. The van der Waals surface area contributed by atoms with Gasteiger partial charge >= 0.3 is 0 Å². The molecule has 1 aliphatic rings. The summed E-state index contributed by atoms with van der Waals surface area (Å²) in [4.78, 5) is 0.340. The molecular weight excluding hydrogens is 304 g/mol. The van der Waals surface area contributed by atoms with Crippen molar-refractivity contribution in [2.24, 2.45) is 17.6 Å². The van der Waals surface area contributed by atoms with Crippen LogP contribution in [0.2, 0.25) is 0 Å². The molecule has 0 atom stereocenters. The Morgan fingerprint density at radius 3 is 2.38 bits per heavy atom. The minimum absolute atomic E-state index is 0.117. The third kappa shape index (κ3) is 3.44. The van der Waals surface area contributed by atoms with Crippen molar-refractivity contribution in [1.82, 2.24) is 4.31 Å². The van der Waals surface area contributed by atoms with E-state index in [-0.39, 0.29) is 9.88 Å². The summed E-state index contributed by atoms with van der Waals surface area (Å²) < 4.78 is 27.2. The quantitative estimate of drug-likeness (QED) is 0.863. The third-order valence-electron chi connectivity index (χ3n) is 4.21. The molecule has 1 aliphatic heterocycles. The molecule has 2 N–H and O–H groups in total. The van der Waals surface area contributed by atoms with Crippen molar-refractivity contribution in [3.8, 4) is 0 Å². The van der Waals surface area contributed by atoms with E-state index in [0.29, 0.717) is 30.5 Å². The van der Waals surface area contributed by atoms with Crippen LogP contribution >= 0.6 is 12.2 Å². The molecule has 1 heterocycles. The Balaban J connectivity index is 2.26. The number of benzene rings is 1. The van der Waals surface area contributed by atoms with Crippen molar-refractivity contribution in [2.75, 3.05) is 13.1 Å². The Kier molecular flexibility index (Phi) is 5.01. The topological polar surface area (TPSA) is 63.4 Å². The van der Waals surface area contributed by atoms with Crippen LogP contribution in [0.15, 0.2) is 29.2 Å². The van der Waals surface area contributed by atoms with Gasteiger partial charge in [-0.05, 0) is 30.7 Å². The molecule has 0 bridgehead atoms. The predicted molar refractivity (Wildman–Crippen MR) is 88.7 cm³/mol. The number of nitrogens with two attached hydrogens (primary N) is 1. The summed E-state index contributed by atoms with van der Waals surface area (Å²) in [7, 11) is -3.52. The molecule has 0 amide bonds. The van der Waals surface area contributed by atoms with Crippen LogP contribution in [0.5, 0.6) is 0 Å². The van der Waals surface area contributed by atoms with Crippen LogP contribution in [0.1, 0.15) is 32.3 Å². The van der Waals surface area contributed by atoms with Gasteiger partial charge in [-0.15, -0.1) is 0 Å². The highest BCUT2D eigenvalue weighted by atomic mass is 32.2. The highest BCUT2D eigenvalue weighted by Gasteiger charge is 2.31. The molecule has 1 aromatic rings. The van der Waals surface area contributed by atoms with E-state index in [0.717, 1.165) is 12.8 Å². The van der Waals surface area contributed by atoms with Crippen LogP contribution in [-0.2, 0) is 10.0 Å². The molecule has 6 heteroatoms. The van der Waals surface area contributed by atoms with E-state index in [2.05, 4.69) is 13.8 Å². The van der Waals surface area contributed by atoms with E-state index in [1.807, 2.05) is 0 Å². The Hall–Kier alpha value is -0.980. The maximum absolute atomic E-state index is 12.8. The first kappa shape index (κ1) is 16.4. The fourth-order valence-electron chi connectivity index (χ4n) is 2.82. The first-order chi connectivity index (χ1) is 9.84. The fraction of sp³-hybridized carbons (Fsp3) is 0.533. The number of nitrogens with zero attached hydrogens (tertiary/aromatic N) is 1. The van der Waals surface area contributed by atoms with Gasteiger partial charge in [0.1, 0.15) is 4.99 Å². The van der Waals surface area contributed by atoms with E-state index in [4.69, 9.17) is 18.0 Å². The highest BCUT2D eigenvalue weighted by Crippen LogP contribution is 2.29. The summed E-state index contributed by atoms with van der Waals surface area (Å²) in [5, 5.41) is 0. The largest absolute Gasteiger partial charge is 0.389 e. The van der Waals surface area contributed by atoms with Gasteiger partial charge in [0.2, 0.25) is 10.0 Å². The zero-order chi connectivity index (χ0) is 15.6. The predicted octanol–water partition coefficient (Wildman–Crippen LogP) is 2.38. The van der Waals surface area contributed by atoms with Gasteiger partial charge in [-0.2, -0.15) is 4.31 Å². The fourth-order valence-corrected chi connectivity index (χ4v) is 4.74. The van der Waals surface area contributed by atoms with Crippen LogP contribution in [0, 0.1) is 11.8 Å². The Morgan fingerprint density at radius 2 is 1.86 bits per heavy atom. The van der Waals surface area contributed by atoms with Gasteiger partial charge in [0.15, 0.2) is 0 Å². The second-order valence-electron chi connectivity index (χ2n) is 5.85. The van der Waals surface area contributed by atoms with Gasteiger partial charge < -0.3 is 5.73 Å². The van der Waals surface area contributed by atoms with Crippen molar-refractivity contribution in [3.63, 3.8) is 0 Å². The summed E-state index contributed by atoms with van der Waals surface area (Å²) in [6.07, 6.45) is 1.82. The number of sulfonamides is 1. The molecule has 2 rings (SSSR count). The molecule has 1 fully saturated rings. The SMILES string of the molecule is CC(C)C1CCN(S(=O)(=O)c2ccccc2C(N)=S)CC1.